The summed E-state index contributed by atoms with van der Waals surface area (Å²) in [5.41, 5.74) is 4.84. The molecular formula is C24H29N5O2S3. The fourth-order valence-corrected chi connectivity index (χ4v) is 6.99. The number of anilines is 2. The summed E-state index contributed by atoms with van der Waals surface area (Å²) in [4.78, 5) is 9.76. The molecule has 0 bridgehead atoms. The lowest BCUT2D eigenvalue weighted by Gasteiger charge is -2.18. The topological polar surface area (TPSA) is 80.1 Å². The number of thioether (sulfide) groups is 1. The minimum Gasteiger partial charge on any atom is -0.332 e. The molecule has 0 saturated heterocycles. The minimum atomic E-state index is -3.52. The van der Waals surface area contributed by atoms with Crippen LogP contribution in [0.25, 0.3) is 11.0 Å². The van der Waals surface area contributed by atoms with E-state index in [9.17, 15) is 8.42 Å². The van der Waals surface area contributed by atoms with Gasteiger partial charge < -0.3 is 9.88 Å². The molecule has 0 unspecified atom stereocenters. The Kier molecular flexibility index (Phi) is 7.61. The van der Waals surface area contributed by atoms with Gasteiger partial charge in [-0.15, -0.1) is 11.3 Å². The molecule has 0 saturated carbocycles. The molecule has 10 heteroatoms. The molecular weight excluding hydrogens is 486 g/mol. The third-order valence-electron chi connectivity index (χ3n) is 5.55. The summed E-state index contributed by atoms with van der Waals surface area (Å²) in [6.45, 7) is 9.46. The number of imidazole rings is 1. The van der Waals surface area contributed by atoms with Gasteiger partial charge in [-0.25, -0.2) is 18.4 Å². The van der Waals surface area contributed by atoms with Crippen LogP contribution in [0.4, 0.5) is 10.8 Å². The van der Waals surface area contributed by atoms with E-state index in [0.717, 1.165) is 33.7 Å². The van der Waals surface area contributed by atoms with Gasteiger partial charge in [-0.05, 0) is 44.2 Å². The standard InChI is InChI=1S/C24H29N5O2S3/c1-5-28(6-2)34(30,31)20-12-13-22-21(14-20)27-24(29(22)7-3)33-16-19-15-32-23(26-19)25-18-10-8-17(4)9-11-18/h8-15H,5-7,16H2,1-4H3,(H,25,26). The second-order valence-electron chi connectivity index (χ2n) is 7.80. The first-order chi connectivity index (χ1) is 16.3. The fourth-order valence-electron chi connectivity index (χ4n) is 3.71. The molecule has 4 rings (SSSR count). The molecule has 0 amide bonds. The SMILES string of the molecule is CCN(CC)S(=O)(=O)c1ccc2c(c1)nc(SCc1csc(Nc3ccc(C)cc3)n1)n2CC. The van der Waals surface area contributed by atoms with Crippen LogP contribution in [-0.2, 0) is 22.3 Å². The number of thiazole rings is 1. The summed E-state index contributed by atoms with van der Waals surface area (Å²) in [5.74, 6) is 0.681. The lowest BCUT2D eigenvalue weighted by molar-refractivity contribution is 0.445. The molecule has 180 valence electrons. The number of rotatable bonds is 10. The zero-order chi connectivity index (χ0) is 24.3. The minimum absolute atomic E-state index is 0.285. The van der Waals surface area contributed by atoms with Crippen LogP contribution in [0.2, 0.25) is 0 Å². The molecule has 0 aliphatic rings. The van der Waals surface area contributed by atoms with E-state index in [0.29, 0.717) is 24.4 Å². The van der Waals surface area contributed by atoms with Crippen LogP contribution in [-0.4, -0.2) is 40.3 Å². The van der Waals surface area contributed by atoms with Crippen LogP contribution >= 0.6 is 23.1 Å². The van der Waals surface area contributed by atoms with Crippen molar-refractivity contribution in [2.75, 3.05) is 18.4 Å². The van der Waals surface area contributed by atoms with Crippen LogP contribution in [0.1, 0.15) is 32.0 Å². The zero-order valence-corrected chi connectivity index (χ0v) is 22.2. The van der Waals surface area contributed by atoms with Crippen molar-refractivity contribution in [2.24, 2.45) is 0 Å². The Morgan fingerprint density at radius 3 is 2.47 bits per heavy atom. The zero-order valence-electron chi connectivity index (χ0n) is 19.8. The summed E-state index contributed by atoms with van der Waals surface area (Å²) in [7, 11) is -3.52. The summed E-state index contributed by atoms with van der Waals surface area (Å²) >= 11 is 3.19. The second kappa shape index (κ2) is 10.5. The Hall–Kier alpha value is -2.40. The molecule has 4 aromatic rings. The normalized spacial score (nSPS) is 12.0. The van der Waals surface area contributed by atoms with Crippen molar-refractivity contribution in [3.63, 3.8) is 0 Å². The molecule has 0 atom stereocenters. The monoisotopic (exact) mass is 515 g/mol. The first kappa shape index (κ1) is 24.7. The summed E-state index contributed by atoms with van der Waals surface area (Å²) in [6.07, 6.45) is 0. The Bertz CT molecular complexity index is 1370. The Morgan fingerprint density at radius 2 is 1.79 bits per heavy atom. The molecule has 0 radical (unpaired) electrons. The number of hydrogen-bond acceptors (Lipinski definition) is 7. The van der Waals surface area contributed by atoms with Gasteiger partial charge in [-0.2, -0.15) is 4.31 Å². The predicted octanol–water partition coefficient (Wildman–Crippen LogP) is 5.89. The summed E-state index contributed by atoms with van der Waals surface area (Å²) < 4.78 is 29.4. The van der Waals surface area contributed by atoms with Gasteiger partial charge >= 0.3 is 0 Å². The van der Waals surface area contributed by atoms with Crippen molar-refractivity contribution in [1.29, 1.82) is 0 Å². The summed E-state index contributed by atoms with van der Waals surface area (Å²) in [5, 5.41) is 7.12. The third-order valence-corrected chi connectivity index (χ3v) is 9.41. The lowest BCUT2D eigenvalue weighted by Crippen LogP contribution is -2.30. The van der Waals surface area contributed by atoms with Crippen molar-refractivity contribution in [1.82, 2.24) is 18.8 Å². The Balaban J connectivity index is 1.52. The molecule has 0 aliphatic carbocycles. The molecule has 2 heterocycles. The molecule has 34 heavy (non-hydrogen) atoms. The number of hydrogen-bond donors (Lipinski definition) is 1. The van der Waals surface area contributed by atoms with E-state index in [1.54, 1.807) is 35.2 Å². The van der Waals surface area contributed by atoms with Gasteiger partial charge in [0.1, 0.15) is 0 Å². The molecule has 7 nitrogen and oxygen atoms in total. The van der Waals surface area contributed by atoms with E-state index >= 15 is 0 Å². The number of nitrogens with one attached hydrogen (secondary N) is 1. The van der Waals surface area contributed by atoms with E-state index in [4.69, 9.17) is 9.97 Å². The number of fused-ring (bicyclic) bond motifs is 1. The number of benzene rings is 2. The van der Waals surface area contributed by atoms with Gasteiger partial charge in [0.05, 0.1) is 21.6 Å². The van der Waals surface area contributed by atoms with Crippen LogP contribution in [0.3, 0.4) is 0 Å². The average molecular weight is 516 g/mol. The van der Waals surface area contributed by atoms with Crippen molar-refractivity contribution < 1.29 is 8.42 Å². The van der Waals surface area contributed by atoms with Crippen molar-refractivity contribution in [3.8, 4) is 0 Å². The second-order valence-corrected chi connectivity index (χ2v) is 11.5. The van der Waals surface area contributed by atoms with Gasteiger partial charge in [0.15, 0.2) is 10.3 Å². The quantitative estimate of drug-likeness (QED) is 0.265. The highest BCUT2D eigenvalue weighted by Gasteiger charge is 2.23. The molecule has 2 aromatic heterocycles. The van der Waals surface area contributed by atoms with Crippen LogP contribution in [0.15, 0.2) is 57.9 Å². The highest BCUT2D eigenvalue weighted by atomic mass is 32.2. The summed E-state index contributed by atoms with van der Waals surface area (Å²) in [6, 6.07) is 13.5. The van der Waals surface area contributed by atoms with Crippen molar-refractivity contribution >= 4 is 55.0 Å². The third kappa shape index (κ3) is 5.14. The maximum atomic E-state index is 12.9. The molecule has 1 N–H and O–H groups in total. The van der Waals surface area contributed by atoms with Gasteiger partial charge in [0, 0.05) is 36.5 Å². The van der Waals surface area contributed by atoms with Gasteiger partial charge in [0.2, 0.25) is 10.0 Å². The van der Waals surface area contributed by atoms with Crippen LogP contribution in [0, 0.1) is 6.92 Å². The molecule has 2 aromatic carbocycles. The van der Waals surface area contributed by atoms with Gasteiger partial charge in [0.25, 0.3) is 0 Å². The number of nitrogens with zero attached hydrogens (tertiary/aromatic N) is 4. The average Bonchev–Trinajstić information content (AvgIpc) is 3.42. The maximum absolute atomic E-state index is 12.9. The lowest BCUT2D eigenvalue weighted by atomic mass is 10.2. The van der Waals surface area contributed by atoms with Gasteiger partial charge in [-0.1, -0.05) is 43.3 Å². The van der Waals surface area contributed by atoms with Crippen molar-refractivity contribution in [2.45, 2.75) is 50.0 Å². The van der Waals surface area contributed by atoms with Crippen LogP contribution < -0.4 is 5.32 Å². The Morgan fingerprint density at radius 1 is 1.06 bits per heavy atom. The van der Waals surface area contributed by atoms with Crippen molar-refractivity contribution in [3.05, 3.63) is 59.1 Å². The Labute approximate surface area is 209 Å². The van der Waals surface area contributed by atoms with Crippen LogP contribution in [0.5, 0.6) is 0 Å². The fraction of sp³-hybridized carbons (Fsp3) is 0.333. The van der Waals surface area contributed by atoms with E-state index in [1.807, 2.05) is 32.0 Å². The molecule has 0 aliphatic heterocycles. The molecule has 0 fully saturated rings. The largest absolute Gasteiger partial charge is 0.332 e. The highest BCUT2D eigenvalue weighted by Crippen LogP contribution is 2.30. The van der Waals surface area contributed by atoms with E-state index in [1.165, 1.54) is 9.87 Å². The predicted molar refractivity (Wildman–Crippen MR) is 142 cm³/mol. The van der Waals surface area contributed by atoms with E-state index in [2.05, 4.69) is 41.2 Å². The maximum Gasteiger partial charge on any atom is 0.243 e. The highest BCUT2D eigenvalue weighted by molar-refractivity contribution is 7.98. The number of sulfonamides is 1. The number of aryl methyl sites for hydroxylation is 2. The van der Waals surface area contributed by atoms with E-state index in [-0.39, 0.29) is 4.90 Å². The van der Waals surface area contributed by atoms with E-state index < -0.39 is 10.0 Å². The number of aromatic nitrogens is 3. The first-order valence-corrected chi connectivity index (χ1v) is 14.6. The van der Waals surface area contributed by atoms with Gasteiger partial charge in [-0.3, -0.25) is 0 Å². The smallest absolute Gasteiger partial charge is 0.243 e. The molecule has 0 spiro atoms. The first-order valence-electron chi connectivity index (χ1n) is 11.3.